The number of aliphatic hydroxyl groups is 1. The topological polar surface area (TPSA) is 77.0 Å². The van der Waals surface area contributed by atoms with Gasteiger partial charge in [-0.1, -0.05) is 0 Å². The minimum Gasteiger partial charge on any atom is -0.444 e. The van der Waals surface area contributed by atoms with Crippen molar-refractivity contribution >= 4 is 6.09 Å². The molecule has 0 unspecified atom stereocenters. The van der Waals surface area contributed by atoms with Crippen LogP contribution in [0.2, 0.25) is 0 Å². The van der Waals surface area contributed by atoms with Gasteiger partial charge >= 0.3 is 6.09 Å². The van der Waals surface area contributed by atoms with Gasteiger partial charge < -0.3 is 24.6 Å². The summed E-state index contributed by atoms with van der Waals surface area (Å²) < 4.78 is 17.4. The second-order valence-corrected chi connectivity index (χ2v) is 7.34. The molecule has 3 aliphatic rings. The molecule has 3 fully saturated rings. The normalized spacial score (nSPS) is 37.7. The smallest absolute Gasteiger partial charge is 0.407 e. The summed E-state index contributed by atoms with van der Waals surface area (Å²) in [4.78, 5) is 11.9. The van der Waals surface area contributed by atoms with E-state index in [1.807, 2.05) is 20.8 Å². The number of aliphatic hydroxyl groups excluding tert-OH is 1. The van der Waals surface area contributed by atoms with Crippen molar-refractivity contribution in [3.8, 4) is 0 Å². The number of carbonyl (C=O) groups is 1. The SMILES string of the molecule is CC(C)(C)OC(=O)N[C@@H]1C[C@H](O)[C@H]2OC3(CCCC3)O[C@H]21. The van der Waals surface area contributed by atoms with Gasteiger partial charge in [0.05, 0.1) is 12.1 Å². The second kappa shape index (κ2) is 5.11. The van der Waals surface area contributed by atoms with Crippen LogP contribution in [0.15, 0.2) is 0 Å². The van der Waals surface area contributed by atoms with Gasteiger partial charge in [0.15, 0.2) is 5.79 Å². The van der Waals surface area contributed by atoms with Gasteiger partial charge in [0.1, 0.15) is 17.8 Å². The van der Waals surface area contributed by atoms with Gasteiger partial charge in [-0.05, 0) is 40.0 Å². The first-order valence-corrected chi connectivity index (χ1v) is 7.81. The third kappa shape index (κ3) is 3.03. The molecule has 0 radical (unpaired) electrons. The van der Waals surface area contributed by atoms with Crippen LogP contribution in [0.5, 0.6) is 0 Å². The van der Waals surface area contributed by atoms with Crippen LogP contribution < -0.4 is 5.32 Å². The van der Waals surface area contributed by atoms with E-state index in [0.717, 1.165) is 25.7 Å². The average Bonchev–Trinajstić information content (AvgIpc) is 2.99. The fourth-order valence-corrected chi connectivity index (χ4v) is 3.54. The molecule has 3 rings (SSSR count). The number of amides is 1. The minimum atomic E-state index is -0.602. The number of carbonyl (C=O) groups excluding carboxylic acids is 1. The predicted molar refractivity (Wildman–Crippen MR) is 74.7 cm³/mol. The molecule has 2 saturated carbocycles. The van der Waals surface area contributed by atoms with Crippen LogP contribution in [0.3, 0.4) is 0 Å². The number of ether oxygens (including phenoxy) is 3. The molecule has 0 bridgehead atoms. The van der Waals surface area contributed by atoms with Crippen LogP contribution >= 0.6 is 0 Å². The first-order valence-electron chi connectivity index (χ1n) is 7.81. The van der Waals surface area contributed by atoms with Gasteiger partial charge in [-0.15, -0.1) is 0 Å². The van der Waals surface area contributed by atoms with E-state index in [-0.39, 0.29) is 18.2 Å². The van der Waals surface area contributed by atoms with E-state index in [9.17, 15) is 9.90 Å². The lowest BCUT2D eigenvalue weighted by atomic mass is 10.2. The maximum Gasteiger partial charge on any atom is 0.407 e. The third-order valence-electron chi connectivity index (χ3n) is 4.36. The Labute approximate surface area is 125 Å². The predicted octanol–water partition coefficient (Wildman–Crippen LogP) is 1.70. The summed E-state index contributed by atoms with van der Waals surface area (Å²) in [5, 5.41) is 13.0. The summed E-state index contributed by atoms with van der Waals surface area (Å²) in [6.07, 6.45) is 2.63. The molecule has 1 saturated heterocycles. The van der Waals surface area contributed by atoms with E-state index < -0.39 is 23.6 Å². The van der Waals surface area contributed by atoms with E-state index in [0.29, 0.717) is 6.42 Å². The molecule has 1 heterocycles. The molecule has 1 aliphatic heterocycles. The molecule has 4 atom stereocenters. The zero-order valence-corrected chi connectivity index (χ0v) is 12.9. The summed E-state index contributed by atoms with van der Waals surface area (Å²) >= 11 is 0. The summed E-state index contributed by atoms with van der Waals surface area (Å²) in [6, 6.07) is -0.264. The number of fused-ring (bicyclic) bond motifs is 1. The monoisotopic (exact) mass is 299 g/mol. The van der Waals surface area contributed by atoms with Crippen molar-refractivity contribution in [1.82, 2.24) is 5.32 Å². The van der Waals surface area contributed by atoms with Gasteiger partial charge in [0.2, 0.25) is 0 Å². The zero-order chi connectivity index (χ0) is 15.3. The van der Waals surface area contributed by atoms with Crippen LogP contribution in [0.25, 0.3) is 0 Å². The third-order valence-corrected chi connectivity index (χ3v) is 4.36. The largest absolute Gasteiger partial charge is 0.444 e. The number of rotatable bonds is 1. The lowest BCUT2D eigenvalue weighted by molar-refractivity contribution is -0.184. The van der Waals surface area contributed by atoms with E-state index in [1.165, 1.54) is 0 Å². The Bertz CT molecular complexity index is 413. The van der Waals surface area contributed by atoms with Crippen LogP contribution in [-0.2, 0) is 14.2 Å². The number of alkyl carbamates (subject to hydrolysis) is 1. The van der Waals surface area contributed by atoms with Gasteiger partial charge in [-0.3, -0.25) is 0 Å². The Morgan fingerprint density at radius 2 is 1.86 bits per heavy atom. The van der Waals surface area contributed by atoms with Gasteiger partial charge in [0, 0.05) is 12.8 Å². The highest BCUT2D eigenvalue weighted by molar-refractivity contribution is 5.68. The molecular weight excluding hydrogens is 274 g/mol. The molecule has 6 heteroatoms. The van der Waals surface area contributed by atoms with Crippen LogP contribution in [0, 0.1) is 0 Å². The summed E-state index contributed by atoms with van der Waals surface area (Å²) in [5.74, 6) is -0.537. The Morgan fingerprint density at radius 1 is 1.24 bits per heavy atom. The molecule has 0 aromatic carbocycles. The van der Waals surface area contributed by atoms with E-state index >= 15 is 0 Å². The molecule has 120 valence electrons. The van der Waals surface area contributed by atoms with Crippen molar-refractivity contribution in [3.05, 3.63) is 0 Å². The Hall–Kier alpha value is -0.850. The van der Waals surface area contributed by atoms with Crippen molar-refractivity contribution in [2.45, 2.75) is 88.6 Å². The van der Waals surface area contributed by atoms with Crippen LogP contribution in [0.4, 0.5) is 4.79 Å². The Kier molecular flexibility index (Phi) is 3.66. The molecule has 21 heavy (non-hydrogen) atoms. The molecular formula is C15H25NO5. The first-order chi connectivity index (χ1) is 9.78. The molecule has 0 aromatic heterocycles. The number of nitrogens with one attached hydrogen (secondary N) is 1. The lowest BCUT2D eigenvalue weighted by Crippen LogP contribution is -2.45. The fraction of sp³-hybridized carbons (Fsp3) is 0.933. The highest BCUT2D eigenvalue weighted by Crippen LogP contribution is 2.46. The fourth-order valence-electron chi connectivity index (χ4n) is 3.54. The van der Waals surface area contributed by atoms with Crippen molar-refractivity contribution in [3.63, 3.8) is 0 Å². The molecule has 6 nitrogen and oxygen atoms in total. The number of hydrogen-bond donors (Lipinski definition) is 2. The van der Waals surface area contributed by atoms with E-state index in [4.69, 9.17) is 14.2 Å². The van der Waals surface area contributed by atoms with Gasteiger partial charge in [-0.25, -0.2) is 4.79 Å². The van der Waals surface area contributed by atoms with Gasteiger partial charge in [-0.2, -0.15) is 0 Å². The lowest BCUT2D eigenvalue weighted by Gasteiger charge is -2.27. The Morgan fingerprint density at radius 3 is 2.48 bits per heavy atom. The molecule has 0 aromatic rings. The van der Waals surface area contributed by atoms with Crippen molar-refractivity contribution < 1.29 is 24.1 Å². The quantitative estimate of drug-likeness (QED) is 0.770. The molecule has 2 aliphatic carbocycles. The maximum absolute atomic E-state index is 11.9. The summed E-state index contributed by atoms with van der Waals surface area (Å²) in [5.41, 5.74) is -0.541. The molecule has 2 N–H and O–H groups in total. The standard InChI is InChI=1S/C15H25NO5/c1-14(2,3)21-13(18)16-9-8-10(17)12-11(9)19-15(20-12)6-4-5-7-15/h9-12,17H,4-8H2,1-3H3,(H,16,18)/t9-,10+,11+,12-/m1/s1. The molecule has 1 spiro atoms. The Balaban J connectivity index is 1.63. The summed E-state index contributed by atoms with van der Waals surface area (Å²) in [6.45, 7) is 5.46. The van der Waals surface area contributed by atoms with E-state index in [2.05, 4.69) is 5.32 Å². The number of hydrogen-bond acceptors (Lipinski definition) is 5. The van der Waals surface area contributed by atoms with Crippen LogP contribution in [0.1, 0.15) is 52.9 Å². The van der Waals surface area contributed by atoms with Crippen molar-refractivity contribution in [2.24, 2.45) is 0 Å². The van der Waals surface area contributed by atoms with Crippen molar-refractivity contribution in [1.29, 1.82) is 0 Å². The summed E-state index contributed by atoms with van der Waals surface area (Å²) in [7, 11) is 0. The maximum atomic E-state index is 11.9. The highest BCUT2D eigenvalue weighted by atomic mass is 16.8. The average molecular weight is 299 g/mol. The van der Waals surface area contributed by atoms with Crippen molar-refractivity contribution in [2.75, 3.05) is 0 Å². The minimum absolute atomic E-state index is 0.264. The zero-order valence-electron chi connectivity index (χ0n) is 12.9. The molecule has 1 amide bonds. The highest BCUT2D eigenvalue weighted by Gasteiger charge is 2.58. The second-order valence-electron chi connectivity index (χ2n) is 7.34. The van der Waals surface area contributed by atoms with Gasteiger partial charge in [0.25, 0.3) is 0 Å². The van der Waals surface area contributed by atoms with Crippen LogP contribution in [-0.4, -0.2) is 46.9 Å². The first kappa shape index (κ1) is 15.1. The van der Waals surface area contributed by atoms with E-state index in [1.54, 1.807) is 0 Å².